The van der Waals surface area contributed by atoms with Crippen molar-refractivity contribution in [1.29, 1.82) is 0 Å². The molecule has 0 aliphatic carbocycles. The fourth-order valence-corrected chi connectivity index (χ4v) is 3.69. The topological polar surface area (TPSA) is 106 Å². The first-order valence-electron chi connectivity index (χ1n) is 10.3. The van der Waals surface area contributed by atoms with Crippen LogP contribution in [0, 0.1) is 0 Å². The number of ether oxygens (including phenoxy) is 1. The molecule has 0 spiro atoms. The average molecular weight is 460 g/mol. The Balaban J connectivity index is 1.48. The van der Waals surface area contributed by atoms with Crippen LogP contribution in [-0.2, 0) is 4.79 Å². The summed E-state index contributed by atoms with van der Waals surface area (Å²) in [5.41, 5.74) is -1.48. The third-order valence-electron chi connectivity index (χ3n) is 5.54. The van der Waals surface area contributed by atoms with Crippen LogP contribution in [0.1, 0.15) is 13.3 Å². The van der Waals surface area contributed by atoms with E-state index in [9.17, 15) is 33.0 Å². The van der Waals surface area contributed by atoms with E-state index in [4.69, 9.17) is 4.74 Å². The van der Waals surface area contributed by atoms with E-state index in [0.29, 0.717) is 44.8 Å². The highest BCUT2D eigenvalue weighted by molar-refractivity contribution is 6.01. The van der Waals surface area contributed by atoms with E-state index in [1.807, 2.05) is 4.90 Å². The SMILES string of the molecule is C[C@@]1(O)C(=O)N(CCCN2CCN(c3ccccc3OCC(F)(F)F)CC2)C(=O)N[C@H]1O. The van der Waals surface area contributed by atoms with Crippen molar-refractivity contribution in [2.24, 2.45) is 0 Å². The van der Waals surface area contributed by atoms with Crippen LogP contribution < -0.4 is 15.0 Å². The number of para-hydroxylation sites is 2. The highest BCUT2D eigenvalue weighted by Gasteiger charge is 2.48. The lowest BCUT2D eigenvalue weighted by molar-refractivity contribution is -0.165. The van der Waals surface area contributed by atoms with Gasteiger partial charge in [0.25, 0.3) is 5.91 Å². The molecule has 2 atom stereocenters. The number of rotatable bonds is 7. The third kappa shape index (κ3) is 5.61. The largest absolute Gasteiger partial charge is 0.482 e. The van der Waals surface area contributed by atoms with Crippen molar-refractivity contribution in [2.45, 2.75) is 31.3 Å². The number of nitrogens with one attached hydrogen (secondary N) is 1. The second-order valence-electron chi connectivity index (χ2n) is 8.01. The van der Waals surface area contributed by atoms with Crippen molar-refractivity contribution in [3.63, 3.8) is 0 Å². The van der Waals surface area contributed by atoms with E-state index in [-0.39, 0.29) is 12.3 Å². The molecule has 0 saturated carbocycles. The van der Waals surface area contributed by atoms with Gasteiger partial charge in [0.05, 0.1) is 5.69 Å². The molecule has 2 heterocycles. The Labute approximate surface area is 183 Å². The van der Waals surface area contributed by atoms with Crippen LogP contribution in [0.4, 0.5) is 23.7 Å². The van der Waals surface area contributed by atoms with Gasteiger partial charge in [-0.25, -0.2) is 4.79 Å². The fourth-order valence-electron chi connectivity index (χ4n) is 3.69. The van der Waals surface area contributed by atoms with E-state index < -0.39 is 36.6 Å². The number of halogens is 3. The van der Waals surface area contributed by atoms with Crippen LogP contribution in [0.3, 0.4) is 0 Å². The summed E-state index contributed by atoms with van der Waals surface area (Å²) in [4.78, 5) is 29.2. The minimum absolute atomic E-state index is 0.0852. The molecule has 0 aromatic heterocycles. The van der Waals surface area contributed by atoms with E-state index in [2.05, 4.69) is 10.2 Å². The number of anilines is 1. The van der Waals surface area contributed by atoms with E-state index in [1.54, 1.807) is 18.2 Å². The molecular formula is C20H27F3N4O5. The first kappa shape index (κ1) is 24.1. The van der Waals surface area contributed by atoms with E-state index in [1.165, 1.54) is 6.07 Å². The lowest BCUT2D eigenvalue weighted by Crippen LogP contribution is -2.68. The third-order valence-corrected chi connectivity index (χ3v) is 5.54. The number of amides is 3. The highest BCUT2D eigenvalue weighted by atomic mass is 19.4. The van der Waals surface area contributed by atoms with Gasteiger partial charge in [0.2, 0.25) is 0 Å². The Morgan fingerprint density at radius 1 is 1.16 bits per heavy atom. The van der Waals surface area contributed by atoms with Crippen molar-refractivity contribution in [2.75, 3.05) is 50.8 Å². The molecule has 1 aromatic carbocycles. The first-order chi connectivity index (χ1) is 15.0. The molecule has 2 aliphatic rings. The second kappa shape index (κ2) is 9.51. The molecular weight excluding hydrogens is 433 g/mol. The van der Waals surface area contributed by atoms with Gasteiger partial charge in [0.15, 0.2) is 18.4 Å². The van der Waals surface area contributed by atoms with Crippen LogP contribution in [0.25, 0.3) is 0 Å². The van der Waals surface area contributed by atoms with Crippen molar-refractivity contribution in [3.8, 4) is 5.75 Å². The van der Waals surface area contributed by atoms with E-state index in [0.717, 1.165) is 11.8 Å². The minimum Gasteiger partial charge on any atom is -0.482 e. The summed E-state index contributed by atoms with van der Waals surface area (Å²) in [6.45, 7) is 2.91. The van der Waals surface area contributed by atoms with Gasteiger partial charge >= 0.3 is 12.2 Å². The van der Waals surface area contributed by atoms with Gasteiger partial charge in [-0.15, -0.1) is 0 Å². The molecule has 0 unspecified atom stereocenters. The van der Waals surface area contributed by atoms with Gasteiger partial charge in [0, 0.05) is 32.7 Å². The maximum atomic E-state index is 12.5. The van der Waals surface area contributed by atoms with Crippen LogP contribution in [0.5, 0.6) is 5.75 Å². The minimum atomic E-state index is -4.41. The molecule has 3 rings (SSSR count). The average Bonchev–Trinajstić information content (AvgIpc) is 2.74. The Kier molecular flexibility index (Phi) is 7.16. The summed E-state index contributed by atoms with van der Waals surface area (Å²) in [5.74, 6) is -0.670. The number of hydrogen-bond donors (Lipinski definition) is 3. The van der Waals surface area contributed by atoms with Crippen LogP contribution in [0.15, 0.2) is 24.3 Å². The lowest BCUT2D eigenvalue weighted by Gasteiger charge is -2.39. The second-order valence-corrected chi connectivity index (χ2v) is 8.01. The number of imide groups is 1. The van der Waals surface area contributed by atoms with Gasteiger partial charge in [-0.05, 0) is 32.0 Å². The Hall–Kier alpha value is -2.57. The maximum Gasteiger partial charge on any atom is 0.422 e. The molecule has 9 nitrogen and oxygen atoms in total. The van der Waals surface area contributed by atoms with Gasteiger partial charge in [0.1, 0.15) is 5.75 Å². The molecule has 2 fully saturated rings. The number of carbonyl (C=O) groups excluding carboxylic acids is 2. The molecule has 3 amide bonds. The molecule has 1 aromatic rings. The number of alkyl halides is 3. The van der Waals surface area contributed by atoms with Crippen molar-refractivity contribution < 1.29 is 37.7 Å². The van der Waals surface area contributed by atoms with Crippen molar-refractivity contribution in [1.82, 2.24) is 15.1 Å². The van der Waals surface area contributed by atoms with Crippen LogP contribution >= 0.6 is 0 Å². The number of nitrogens with zero attached hydrogens (tertiary/aromatic N) is 3. The fraction of sp³-hybridized carbons (Fsp3) is 0.600. The monoisotopic (exact) mass is 460 g/mol. The zero-order chi connectivity index (χ0) is 23.5. The number of benzene rings is 1. The zero-order valence-corrected chi connectivity index (χ0v) is 17.6. The molecule has 12 heteroatoms. The Morgan fingerprint density at radius 3 is 2.47 bits per heavy atom. The van der Waals surface area contributed by atoms with Gasteiger partial charge < -0.3 is 25.2 Å². The molecule has 3 N–H and O–H groups in total. The standard InChI is InChI=1S/C20H27F3N4O5/c1-19(31)16(28)24-18(30)27(17(19)29)8-4-7-25-9-11-26(12-10-25)14-5-2-3-6-15(14)32-13-20(21,22)23/h2-3,5-6,16,28,31H,4,7-13H2,1H3,(H,24,30)/t16-,19-/m0/s1. The summed E-state index contributed by atoms with van der Waals surface area (Å²) in [7, 11) is 0. The number of urea groups is 1. The van der Waals surface area contributed by atoms with E-state index >= 15 is 0 Å². The molecule has 2 saturated heterocycles. The lowest BCUT2D eigenvalue weighted by atomic mass is 10.0. The quantitative estimate of drug-likeness (QED) is 0.552. The first-order valence-corrected chi connectivity index (χ1v) is 10.3. The summed E-state index contributed by atoms with van der Waals surface area (Å²) in [5, 5.41) is 21.8. The number of carbonyl (C=O) groups is 2. The molecule has 2 aliphatic heterocycles. The summed E-state index contributed by atoms with van der Waals surface area (Å²) < 4.78 is 42.5. The predicted octanol–water partition coefficient (Wildman–Crippen LogP) is 0.761. The maximum absolute atomic E-state index is 12.5. The smallest absolute Gasteiger partial charge is 0.422 e. The van der Waals surface area contributed by atoms with Crippen molar-refractivity contribution >= 4 is 17.6 Å². The summed E-state index contributed by atoms with van der Waals surface area (Å²) in [6, 6.07) is 5.85. The van der Waals surface area contributed by atoms with Gasteiger partial charge in [-0.1, -0.05) is 12.1 Å². The predicted molar refractivity (Wildman–Crippen MR) is 108 cm³/mol. The zero-order valence-electron chi connectivity index (χ0n) is 17.6. The number of piperazine rings is 1. The summed E-state index contributed by atoms with van der Waals surface area (Å²) in [6.07, 6.45) is -5.60. The molecule has 0 bridgehead atoms. The normalized spacial score (nSPS) is 25.1. The van der Waals surface area contributed by atoms with Crippen LogP contribution in [0.2, 0.25) is 0 Å². The molecule has 0 radical (unpaired) electrons. The number of hydrogen-bond acceptors (Lipinski definition) is 7. The molecule has 178 valence electrons. The highest BCUT2D eigenvalue weighted by Crippen LogP contribution is 2.30. The summed E-state index contributed by atoms with van der Waals surface area (Å²) >= 11 is 0. The van der Waals surface area contributed by atoms with Gasteiger partial charge in [-0.2, -0.15) is 13.2 Å². The Bertz CT molecular complexity index is 828. The van der Waals surface area contributed by atoms with Crippen LogP contribution in [-0.4, -0.2) is 95.8 Å². The van der Waals surface area contributed by atoms with Gasteiger partial charge in [-0.3, -0.25) is 14.6 Å². The Morgan fingerprint density at radius 2 is 1.81 bits per heavy atom. The van der Waals surface area contributed by atoms with Crippen molar-refractivity contribution in [3.05, 3.63) is 24.3 Å². The number of aliphatic hydroxyl groups is 2. The molecule has 32 heavy (non-hydrogen) atoms. The number of aliphatic hydroxyl groups excluding tert-OH is 1.